The van der Waals surface area contributed by atoms with Gasteiger partial charge in [-0.15, -0.1) is 0 Å². The molecule has 0 bridgehead atoms. The van der Waals surface area contributed by atoms with E-state index in [9.17, 15) is 0 Å². The van der Waals surface area contributed by atoms with E-state index in [-0.39, 0.29) is 5.92 Å². The van der Waals surface area contributed by atoms with Crippen LogP contribution >= 0.6 is 11.6 Å². The van der Waals surface area contributed by atoms with E-state index in [2.05, 4.69) is 9.97 Å². The number of ether oxygens (including phenoxy) is 1. The van der Waals surface area contributed by atoms with Crippen molar-refractivity contribution in [2.24, 2.45) is 0 Å². The molecule has 0 saturated heterocycles. The Labute approximate surface area is 117 Å². The molecule has 0 unspecified atom stereocenters. The first-order chi connectivity index (χ1) is 9.08. The van der Waals surface area contributed by atoms with E-state index in [0.29, 0.717) is 23.3 Å². The summed E-state index contributed by atoms with van der Waals surface area (Å²) in [5.41, 5.74) is 7.69. The van der Waals surface area contributed by atoms with Gasteiger partial charge in [-0.25, -0.2) is 9.97 Å². The van der Waals surface area contributed by atoms with Crippen molar-refractivity contribution in [2.45, 2.75) is 26.4 Å². The topological polar surface area (TPSA) is 61.0 Å². The molecule has 0 aliphatic rings. The molecule has 1 heterocycles. The van der Waals surface area contributed by atoms with Gasteiger partial charge < -0.3 is 10.5 Å². The smallest absolute Gasteiger partial charge is 0.222 e. The minimum Gasteiger partial charge on any atom is -0.472 e. The quantitative estimate of drug-likeness (QED) is 0.930. The number of nitrogens with two attached hydrogens (primary N) is 1. The van der Waals surface area contributed by atoms with Gasteiger partial charge in [0.05, 0.1) is 5.56 Å². The van der Waals surface area contributed by atoms with E-state index in [1.165, 1.54) is 6.33 Å². The normalized spacial score (nSPS) is 10.7. The average molecular weight is 278 g/mol. The minimum atomic E-state index is 0.204. The molecule has 0 fully saturated rings. The Morgan fingerprint density at radius 3 is 2.79 bits per heavy atom. The van der Waals surface area contributed by atoms with Gasteiger partial charge in [0.2, 0.25) is 5.88 Å². The van der Waals surface area contributed by atoms with Crippen molar-refractivity contribution in [2.75, 3.05) is 5.73 Å². The summed E-state index contributed by atoms with van der Waals surface area (Å²) in [6.07, 6.45) is 1.41. The molecule has 0 amide bonds. The molecule has 0 radical (unpaired) electrons. The predicted octanol–water partition coefficient (Wildman–Crippen LogP) is 3.41. The van der Waals surface area contributed by atoms with E-state index >= 15 is 0 Å². The highest BCUT2D eigenvalue weighted by Crippen LogP contribution is 2.28. The first-order valence-electron chi connectivity index (χ1n) is 6.05. The lowest BCUT2D eigenvalue weighted by Gasteiger charge is -2.14. The summed E-state index contributed by atoms with van der Waals surface area (Å²) in [6, 6.07) is 7.53. The second kappa shape index (κ2) is 5.89. The summed E-state index contributed by atoms with van der Waals surface area (Å²) in [5.74, 6) is 1.20. The third-order valence-corrected chi connectivity index (χ3v) is 2.96. The Morgan fingerprint density at radius 2 is 2.11 bits per heavy atom. The van der Waals surface area contributed by atoms with Gasteiger partial charge >= 0.3 is 0 Å². The van der Waals surface area contributed by atoms with Crippen LogP contribution in [0.4, 0.5) is 5.82 Å². The van der Waals surface area contributed by atoms with Crippen molar-refractivity contribution in [1.82, 2.24) is 9.97 Å². The maximum Gasteiger partial charge on any atom is 0.222 e. The summed E-state index contributed by atoms with van der Waals surface area (Å²) in [5, 5.41) is 0.687. The van der Waals surface area contributed by atoms with E-state index in [0.717, 1.165) is 11.1 Å². The molecule has 2 rings (SSSR count). The highest BCUT2D eigenvalue weighted by molar-refractivity contribution is 6.30. The van der Waals surface area contributed by atoms with Crippen molar-refractivity contribution < 1.29 is 4.74 Å². The zero-order chi connectivity index (χ0) is 13.8. The van der Waals surface area contributed by atoms with Crippen molar-refractivity contribution in [3.05, 3.63) is 46.7 Å². The third kappa shape index (κ3) is 3.35. The molecular formula is C14H16ClN3O. The first kappa shape index (κ1) is 13.6. The molecule has 0 aliphatic heterocycles. The first-order valence-corrected chi connectivity index (χ1v) is 6.43. The van der Waals surface area contributed by atoms with Crippen LogP contribution in [0.15, 0.2) is 30.6 Å². The standard InChI is InChI=1S/C14H16ClN3O/c1-9(2)12-13(16)17-8-18-14(12)19-7-10-4-3-5-11(15)6-10/h3-6,8-9H,7H2,1-2H3,(H2,16,17,18). The zero-order valence-electron chi connectivity index (χ0n) is 10.9. The number of hydrogen-bond donors (Lipinski definition) is 1. The SMILES string of the molecule is CC(C)c1c(N)ncnc1OCc1cccc(Cl)c1. The second-order valence-electron chi connectivity index (χ2n) is 4.55. The monoisotopic (exact) mass is 277 g/mol. The van der Waals surface area contributed by atoms with Gasteiger partial charge in [-0.2, -0.15) is 0 Å². The van der Waals surface area contributed by atoms with E-state index in [4.69, 9.17) is 22.1 Å². The van der Waals surface area contributed by atoms with Crippen LogP contribution < -0.4 is 10.5 Å². The summed E-state index contributed by atoms with van der Waals surface area (Å²) >= 11 is 5.93. The van der Waals surface area contributed by atoms with Gasteiger partial charge in [-0.1, -0.05) is 37.6 Å². The molecule has 2 aromatic rings. The minimum absolute atomic E-state index is 0.204. The Kier molecular flexibility index (Phi) is 4.22. The Morgan fingerprint density at radius 1 is 1.32 bits per heavy atom. The van der Waals surface area contributed by atoms with Gasteiger partial charge in [0.15, 0.2) is 0 Å². The van der Waals surface area contributed by atoms with Crippen molar-refractivity contribution in [3.63, 3.8) is 0 Å². The average Bonchev–Trinajstić information content (AvgIpc) is 2.36. The van der Waals surface area contributed by atoms with E-state index in [1.54, 1.807) is 0 Å². The summed E-state index contributed by atoms with van der Waals surface area (Å²) in [4.78, 5) is 8.15. The number of halogens is 1. The molecule has 4 nitrogen and oxygen atoms in total. The lowest BCUT2D eigenvalue weighted by molar-refractivity contribution is 0.289. The van der Waals surface area contributed by atoms with Crippen molar-refractivity contribution in [3.8, 4) is 5.88 Å². The van der Waals surface area contributed by atoms with E-state index in [1.807, 2.05) is 38.1 Å². The number of hydrogen-bond acceptors (Lipinski definition) is 4. The highest BCUT2D eigenvalue weighted by Gasteiger charge is 2.14. The van der Waals surface area contributed by atoms with Gasteiger partial charge in [0, 0.05) is 5.02 Å². The van der Waals surface area contributed by atoms with Crippen LogP contribution in [-0.2, 0) is 6.61 Å². The van der Waals surface area contributed by atoms with Crippen LogP contribution in [0.25, 0.3) is 0 Å². The summed E-state index contributed by atoms with van der Waals surface area (Å²) in [7, 11) is 0. The zero-order valence-corrected chi connectivity index (χ0v) is 11.7. The van der Waals surface area contributed by atoms with Gasteiger partial charge in [-0.05, 0) is 23.6 Å². The summed E-state index contributed by atoms with van der Waals surface area (Å²) < 4.78 is 5.73. The van der Waals surface area contributed by atoms with Gasteiger partial charge in [0.1, 0.15) is 18.8 Å². The molecule has 19 heavy (non-hydrogen) atoms. The van der Waals surface area contributed by atoms with Crippen molar-refractivity contribution in [1.29, 1.82) is 0 Å². The molecule has 0 saturated carbocycles. The molecule has 5 heteroatoms. The number of nitrogens with zero attached hydrogens (tertiary/aromatic N) is 2. The number of rotatable bonds is 4. The van der Waals surface area contributed by atoms with Crippen molar-refractivity contribution >= 4 is 17.4 Å². The largest absolute Gasteiger partial charge is 0.472 e. The molecule has 0 atom stereocenters. The maximum atomic E-state index is 5.93. The fraction of sp³-hybridized carbons (Fsp3) is 0.286. The highest BCUT2D eigenvalue weighted by atomic mass is 35.5. The molecular weight excluding hydrogens is 262 g/mol. The molecule has 100 valence electrons. The Balaban J connectivity index is 2.18. The second-order valence-corrected chi connectivity index (χ2v) is 4.99. The lowest BCUT2D eigenvalue weighted by Crippen LogP contribution is -2.06. The third-order valence-electron chi connectivity index (χ3n) is 2.72. The molecule has 0 spiro atoms. The molecule has 1 aromatic heterocycles. The van der Waals surface area contributed by atoms with Gasteiger partial charge in [0.25, 0.3) is 0 Å². The summed E-state index contributed by atoms with van der Waals surface area (Å²) in [6.45, 7) is 4.46. The Bertz CT molecular complexity index is 572. The number of nitrogen functional groups attached to an aromatic ring is 1. The van der Waals surface area contributed by atoms with Crippen LogP contribution in [0.1, 0.15) is 30.9 Å². The molecule has 2 N–H and O–H groups in total. The van der Waals surface area contributed by atoms with Crippen LogP contribution in [0, 0.1) is 0 Å². The lowest BCUT2D eigenvalue weighted by atomic mass is 10.1. The molecule has 1 aromatic carbocycles. The number of aromatic nitrogens is 2. The fourth-order valence-electron chi connectivity index (χ4n) is 1.83. The van der Waals surface area contributed by atoms with Crippen LogP contribution in [0.2, 0.25) is 5.02 Å². The Hall–Kier alpha value is -1.81. The van der Waals surface area contributed by atoms with Crippen LogP contribution in [-0.4, -0.2) is 9.97 Å². The van der Waals surface area contributed by atoms with Crippen LogP contribution in [0.5, 0.6) is 5.88 Å². The molecule has 0 aliphatic carbocycles. The van der Waals surface area contributed by atoms with Crippen LogP contribution in [0.3, 0.4) is 0 Å². The maximum absolute atomic E-state index is 5.93. The van der Waals surface area contributed by atoms with E-state index < -0.39 is 0 Å². The number of benzene rings is 1. The number of anilines is 1. The fourth-order valence-corrected chi connectivity index (χ4v) is 2.04. The predicted molar refractivity (Wildman–Crippen MR) is 76.3 cm³/mol. The van der Waals surface area contributed by atoms with Gasteiger partial charge in [-0.3, -0.25) is 0 Å².